The number of hydrogen-bond donors (Lipinski definition) is 8. The van der Waals surface area contributed by atoms with E-state index in [1.54, 1.807) is 6.07 Å². The maximum Gasteiger partial charge on any atom is 0.302 e. The second-order valence-corrected chi connectivity index (χ2v) is 25.7. The third-order valence-electron chi connectivity index (χ3n) is 19.2. The van der Waals surface area contributed by atoms with Gasteiger partial charge in [-0.1, -0.05) is 71.3 Å². The number of aromatic hydroxyl groups is 1. The van der Waals surface area contributed by atoms with E-state index >= 15 is 0 Å². The summed E-state index contributed by atoms with van der Waals surface area (Å²) in [6.07, 6.45) is 22.1. The zero-order valence-electron chi connectivity index (χ0n) is 40.5. The molecule has 4 aliphatic heterocycles. The molecule has 1 saturated heterocycles. The molecule has 4 heterocycles. The zero-order valence-corrected chi connectivity index (χ0v) is 42.1. The second kappa shape index (κ2) is 20.1. The van der Waals surface area contributed by atoms with E-state index in [4.69, 9.17) is 20.2 Å². The average Bonchev–Trinajstić information content (AvgIpc) is 3.99. The van der Waals surface area contributed by atoms with Gasteiger partial charge in [0.15, 0.2) is 17.5 Å². The molecule has 1 aromatic carbocycles. The van der Waals surface area contributed by atoms with E-state index in [1.165, 1.54) is 71.1 Å². The third kappa shape index (κ3) is 9.58. The molecule has 14 heteroatoms. The number of carbonyl (C=O) groups is 1. The van der Waals surface area contributed by atoms with Gasteiger partial charge in [-0.2, -0.15) is 0 Å². The summed E-state index contributed by atoms with van der Waals surface area (Å²) in [4.78, 5) is 18.5. The third-order valence-corrected chi connectivity index (χ3v) is 21.7. The monoisotopic (exact) mass is 974 g/mol. The summed E-state index contributed by atoms with van der Waals surface area (Å²) in [5.74, 6) is 9.53. The Kier molecular flexibility index (Phi) is 14.5. The fourth-order valence-corrected chi connectivity index (χ4v) is 18.3. The van der Waals surface area contributed by atoms with Gasteiger partial charge < -0.3 is 51.6 Å². The molecule has 0 radical (unpaired) electrons. The lowest BCUT2D eigenvalue weighted by Crippen LogP contribution is -2.67. The Labute approximate surface area is 412 Å². The number of hydrogen-bond acceptors (Lipinski definition) is 14. The largest absolute Gasteiger partial charge is 0.504 e. The summed E-state index contributed by atoms with van der Waals surface area (Å²) in [6, 6.07) is 3.14. The first-order valence-corrected chi connectivity index (χ1v) is 29.0. The minimum absolute atomic E-state index is 0.00787. The predicted octanol–water partition coefficient (Wildman–Crippen LogP) is 7.19. The molecule has 12 atom stereocenters. The Bertz CT molecular complexity index is 2120. The molecule has 8 bridgehead atoms. The molecular weight excluding hydrogens is 895 g/mol. The van der Waals surface area contributed by atoms with Crippen LogP contribution in [0.4, 0.5) is 0 Å². The summed E-state index contributed by atoms with van der Waals surface area (Å²) < 4.78 is 13.1. The van der Waals surface area contributed by atoms with Crippen LogP contribution < -0.4 is 26.4 Å². The number of nitrogens with two attached hydrogens (primary N) is 1. The molecule has 11 rings (SSSR count). The van der Waals surface area contributed by atoms with E-state index in [2.05, 4.69) is 33.9 Å². The highest BCUT2D eigenvalue weighted by Crippen LogP contribution is 2.64. The Morgan fingerprint density at radius 1 is 0.985 bits per heavy atom. The molecule has 10 aliphatic rings. The smallest absolute Gasteiger partial charge is 0.302 e. The first-order valence-electron chi connectivity index (χ1n) is 26.5. The van der Waals surface area contributed by atoms with Gasteiger partial charge in [0.05, 0.1) is 35.8 Å². The fraction of sp³-hybridized carbons (Fsp3) is 0.778. The molecule has 5 spiro atoms. The molecule has 5 fully saturated rings. The fourth-order valence-electron chi connectivity index (χ4n) is 15.7. The Hall–Kier alpha value is -2.64. The molecule has 4 saturated carbocycles. The molecule has 374 valence electrons. The number of nitrogens with zero attached hydrogens (tertiary/aromatic N) is 1. The summed E-state index contributed by atoms with van der Waals surface area (Å²) in [5.41, 5.74) is 7.61. The number of carbonyl (C=O) groups excluding carboxylic acids is 1. The predicted molar refractivity (Wildman–Crippen MR) is 270 cm³/mol. The second-order valence-electron chi connectivity index (χ2n) is 23.1. The highest BCUT2D eigenvalue weighted by Gasteiger charge is 2.60. The Morgan fingerprint density at radius 2 is 1.81 bits per heavy atom. The first-order chi connectivity index (χ1) is 32.9. The quantitative estimate of drug-likeness (QED) is 0.0644. The molecular formula is C54H79N5O7S2. The van der Waals surface area contributed by atoms with Crippen LogP contribution in [0.1, 0.15) is 153 Å². The van der Waals surface area contributed by atoms with E-state index in [-0.39, 0.29) is 59.3 Å². The van der Waals surface area contributed by atoms with Crippen molar-refractivity contribution in [3.05, 3.63) is 35.4 Å². The Morgan fingerprint density at radius 3 is 2.62 bits per heavy atom. The van der Waals surface area contributed by atoms with Crippen LogP contribution in [0.25, 0.3) is 0 Å². The van der Waals surface area contributed by atoms with Crippen LogP contribution in [0.15, 0.2) is 29.3 Å². The van der Waals surface area contributed by atoms with E-state index < -0.39 is 41.7 Å². The molecule has 1 aromatic rings. The van der Waals surface area contributed by atoms with E-state index in [1.807, 2.05) is 33.7 Å². The lowest BCUT2D eigenvalue weighted by molar-refractivity contribution is -0.152. The minimum Gasteiger partial charge on any atom is -0.504 e. The normalized spacial score (nSPS) is 40.2. The van der Waals surface area contributed by atoms with Crippen LogP contribution in [0.3, 0.4) is 0 Å². The van der Waals surface area contributed by atoms with Gasteiger partial charge in [-0.25, -0.2) is 4.99 Å². The number of nitrogens with one attached hydrogen (secondary N) is 3. The van der Waals surface area contributed by atoms with Crippen LogP contribution in [0.5, 0.6) is 11.5 Å². The van der Waals surface area contributed by atoms with Crippen molar-refractivity contribution in [1.82, 2.24) is 16.0 Å². The molecule has 12 nitrogen and oxygen atoms in total. The van der Waals surface area contributed by atoms with Gasteiger partial charge in [0.2, 0.25) is 0 Å². The van der Waals surface area contributed by atoms with Crippen LogP contribution in [-0.4, -0.2) is 105 Å². The number of aliphatic hydroxyl groups is 3. The number of aliphatic hydroxyl groups excluding tert-OH is 3. The number of esters is 1. The van der Waals surface area contributed by atoms with Crippen LogP contribution in [0, 0.1) is 45.8 Å². The van der Waals surface area contributed by atoms with Crippen molar-refractivity contribution >= 4 is 33.5 Å². The highest BCUT2D eigenvalue weighted by atomic mass is 33.1. The van der Waals surface area contributed by atoms with Gasteiger partial charge in [0.25, 0.3) is 0 Å². The van der Waals surface area contributed by atoms with Gasteiger partial charge >= 0.3 is 5.97 Å². The highest BCUT2D eigenvalue weighted by molar-refractivity contribution is 8.76. The van der Waals surface area contributed by atoms with E-state index in [0.717, 1.165) is 75.1 Å². The van der Waals surface area contributed by atoms with Gasteiger partial charge in [0.1, 0.15) is 12.2 Å². The van der Waals surface area contributed by atoms with Gasteiger partial charge in [-0.15, -0.1) is 0 Å². The molecule has 9 N–H and O–H groups in total. The molecule has 0 amide bonds. The number of fused-ring (bicyclic) bond motifs is 10. The van der Waals surface area contributed by atoms with Crippen molar-refractivity contribution in [2.75, 3.05) is 24.6 Å². The number of benzene rings is 1. The molecule has 0 unspecified atom stereocenters. The average molecular weight is 974 g/mol. The zero-order chi connectivity index (χ0) is 47.2. The van der Waals surface area contributed by atoms with Crippen molar-refractivity contribution in [1.29, 1.82) is 0 Å². The number of aliphatic imine (C=N–C) groups is 1. The number of guanidine groups is 1. The van der Waals surface area contributed by atoms with Crippen LogP contribution in [-0.2, 0) is 22.6 Å². The van der Waals surface area contributed by atoms with Crippen molar-refractivity contribution in [3.63, 3.8) is 0 Å². The summed E-state index contributed by atoms with van der Waals surface area (Å²) >= 11 is 0. The summed E-state index contributed by atoms with van der Waals surface area (Å²) in [6.45, 7) is 2.81. The van der Waals surface area contributed by atoms with Gasteiger partial charge in [0, 0.05) is 61.2 Å². The van der Waals surface area contributed by atoms with Crippen molar-refractivity contribution < 1.29 is 34.7 Å². The SMILES string of the molecule is CC(=O)O[C@H]1C[C@@H](O)CC[C@]23C#C[C@@H]4C[C@@H]5CC[C@@H](NCCSSC[C@]6(CC7(CCCC7)CCC67CCCC7)NC(N)=N[C@@H]2C=CC[C@H]3O)[C@@]2(C5)C[C@@H](CCN2)Oc2cc(c(CO)cc2O)C[C@@H]41. The van der Waals surface area contributed by atoms with Gasteiger partial charge in [-0.05, 0) is 149 Å². The standard InChI is InChI=1S/C54H79N5O7S2/c1-35(61)65-44-29-40(62)12-19-52-18-11-37-25-36-9-10-47(53(30-36)31-41(13-22-57-53)66-45-28-38(26-42(37)44)39(32-60)27-43(45)63)56-23-24-67-68-34-54(59-49(55)58-46(52)7-6-8-48(52)64)33-50(14-2-3-15-50)20-21-51(54)16-4-5-17-51/h6-7,27-28,36-37,40-42,44,46-48,56-57,60,62-64H,2-5,8-10,12-17,19-26,29-34H2,1H3,(H3,55,58,59)/t36-,37+,40-,41+,42-,44-,46+,47+,48+,52+,53+,54-/m0/s1. The number of rotatable bonds is 2. The first kappa shape index (κ1) is 49.0. The van der Waals surface area contributed by atoms with Crippen LogP contribution >= 0.6 is 21.6 Å². The number of piperidine rings is 1. The summed E-state index contributed by atoms with van der Waals surface area (Å²) in [7, 11) is 3.99. The van der Waals surface area contributed by atoms with Crippen LogP contribution in [0.2, 0.25) is 0 Å². The lowest BCUT2D eigenvalue weighted by atomic mass is 9.53. The number of phenols is 1. The van der Waals surface area contributed by atoms with E-state index in [9.17, 15) is 25.2 Å². The van der Waals surface area contributed by atoms with Crippen molar-refractivity contribution in [2.45, 2.75) is 202 Å². The molecule has 0 aromatic heterocycles. The maximum absolute atomic E-state index is 13.1. The van der Waals surface area contributed by atoms with Gasteiger partial charge in [-0.3, -0.25) is 4.79 Å². The van der Waals surface area contributed by atoms with Crippen molar-refractivity contribution in [2.24, 2.45) is 44.7 Å². The Balaban J connectivity index is 1.13. The number of phenolic OH excluding ortho intramolecular Hbond substituents is 1. The van der Waals surface area contributed by atoms with E-state index in [0.29, 0.717) is 48.4 Å². The molecule has 68 heavy (non-hydrogen) atoms. The number of ether oxygens (including phenoxy) is 2. The lowest BCUT2D eigenvalue weighted by Gasteiger charge is -2.58. The minimum atomic E-state index is -1.04. The summed E-state index contributed by atoms with van der Waals surface area (Å²) in [5, 5.41) is 59.1. The topological polar surface area (TPSA) is 191 Å². The van der Waals surface area contributed by atoms with Crippen molar-refractivity contribution in [3.8, 4) is 23.3 Å². The molecule has 6 aliphatic carbocycles. The maximum atomic E-state index is 13.1.